The van der Waals surface area contributed by atoms with E-state index >= 15 is 0 Å². The first-order valence-corrected chi connectivity index (χ1v) is 7.58. The van der Waals surface area contributed by atoms with E-state index in [9.17, 15) is 9.59 Å². The van der Waals surface area contributed by atoms with E-state index < -0.39 is 0 Å². The Balaban J connectivity index is 1.80. The molecule has 5 N–H and O–H groups in total. The SMILES string of the molecule is NNC(=O)C1CCN(C(=O)CSc2nccnc2N)CC1. The molecule has 2 amide bonds. The molecule has 1 aliphatic rings. The van der Waals surface area contributed by atoms with Crippen molar-refractivity contribution in [2.45, 2.75) is 17.9 Å². The Labute approximate surface area is 126 Å². The molecule has 2 rings (SSSR count). The van der Waals surface area contributed by atoms with Gasteiger partial charge >= 0.3 is 0 Å². The molecule has 0 bridgehead atoms. The fraction of sp³-hybridized carbons (Fsp3) is 0.500. The third kappa shape index (κ3) is 4.05. The number of nitrogens with zero attached hydrogens (tertiary/aromatic N) is 3. The lowest BCUT2D eigenvalue weighted by Gasteiger charge is -2.30. The molecule has 0 aromatic carbocycles. The number of likely N-dealkylation sites (tertiary alicyclic amines) is 1. The number of hydrogen-bond acceptors (Lipinski definition) is 7. The van der Waals surface area contributed by atoms with Crippen LogP contribution in [0.1, 0.15) is 12.8 Å². The van der Waals surface area contributed by atoms with Crippen LogP contribution in [0.4, 0.5) is 5.82 Å². The fourth-order valence-corrected chi connectivity index (χ4v) is 2.96. The van der Waals surface area contributed by atoms with Crippen LogP contribution in [0.3, 0.4) is 0 Å². The van der Waals surface area contributed by atoms with Crippen LogP contribution in [-0.4, -0.2) is 45.5 Å². The molecule has 0 radical (unpaired) electrons. The Morgan fingerprint density at radius 3 is 2.62 bits per heavy atom. The number of hydrazine groups is 1. The second-order valence-electron chi connectivity index (χ2n) is 4.70. The predicted octanol–water partition coefficient (Wildman–Crippen LogP) is -0.621. The third-order valence-corrected chi connectivity index (χ3v) is 4.36. The summed E-state index contributed by atoms with van der Waals surface area (Å²) in [7, 11) is 0. The number of carbonyl (C=O) groups is 2. The van der Waals surface area contributed by atoms with Crippen LogP contribution in [0.2, 0.25) is 0 Å². The number of amides is 2. The average molecular weight is 310 g/mol. The number of hydrogen-bond donors (Lipinski definition) is 3. The standard InChI is InChI=1S/C12H18N6O2S/c13-10-12(16-4-3-15-10)21-7-9(19)18-5-1-8(2-6-18)11(20)17-14/h3-4,8H,1-2,5-7,14H2,(H2,13,15)(H,17,20). The first kappa shape index (κ1) is 15.5. The maximum Gasteiger partial charge on any atom is 0.237 e. The van der Waals surface area contributed by atoms with Crippen LogP contribution in [0.5, 0.6) is 0 Å². The van der Waals surface area contributed by atoms with Gasteiger partial charge in [0.2, 0.25) is 11.8 Å². The van der Waals surface area contributed by atoms with Gasteiger partial charge in [-0.15, -0.1) is 0 Å². The normalized spacial score (nSPS) is 15.8. The molecule has 1 aromatic rings. The highest BCUT2D eigenvalue weighted by molar-refractivity contribution is 8.00. The van der Waals surface area contributed by atoms with Crippen LogP contribution < -0.4 is 17.0 Å². The van der Waals surface area contributed by atoms with Gasteiger partial charge in [-0.25, -0.2) is 15.8 Å². The Kier molecular flexibility index (Phi) is 5.34. The van der Waals surface area contributed by atoms with Crippen molar-refractivity contribution < 1.29 is 9.59 Å². The second-order valence-corrected chi connectivity index (χ2v) is 5.66. The minimum atomic E-state index is -0.163. The smallest absolute Gasteiger partial charge is 0.237 e. The maximum atomic E-state index is 12.1. The number of piperidine rings is 1. The Morgan fingerprint density at radius 1 is 1.33 bits per heavy atom. The second kappa shape index (κ2) is 7.23. The molecule has 2 heterocycles. The molecule has 0 aliphatic carbocycles. The van der Waals surface area contributed by atoms with Crippen molar-refractivity contribution in [1.29, 1.82) is 0 Å². The number of nitrogen functional groups attached to an aromatic ring is 1. The van der Waals surface area contributed by atoms with Crippen molar-refractivity contribution in [2.24, 2.45) is 11.8 Å². The van der Waals surface area contributed by atoms with Gasteiger partial charge < -0.3 is 10.6 Å². The molecule has 1 aliphatic heterocycles. The van der Waals surface area contributed by atoms with E-state index in [-0.39, 0.29) is 23.5 Å². The van der Waals surface area contributed by atoms with Crippen LogP contribution in [0.25, 0.3) is 0 Å². The van der Waals surface area contributed by atoms with E-state index in [1.165, 1.54) is 18.0 Å². The van der Waals surface area contributed by atoms with Crippen LogP contribution >= 0.6 is 11.8 Å². The van der Waals surface area contributed by atoms with Crippen molar-refractivity contribution in [3.63, 3.8) is 0 Å². The Hall–Kier alpha value is -1.87. The maximum absolute atomic E-state index is 12.1. The molecule has 0 spiro atoms. The molecule has 8 nitrogen and oxygen atoms in total. The fourth-order valence-electron chi connectivity index (χ4n) is 2.18. The molecular weight excluding hydrogens is 292 g/mol. The molecular formula is C12H18N6O2S. The lowest BCUT2D eigenvalue weighted by atomic mass is 9.96. The molecule has 114 valence electrons. The van der Waals surface area contributed by atoms with Gasteiger partial charge in [0.05, 0.1) is 5.75 Å². The third-order valence-electron chi connectivity index (χ3n) is 3.38. The van der Waals surface area contributed by atoms with Gasteiger partial charge in [0, 0.05) is 31.4 Å². The van der Waals surface area contributed by atoms with Gasteiger partial charge in [-0.2, -0.15) is 0 Å². The zero-order chi connectivity index (χ0) is 15.2. The van der Waals surface area contributed by atoms with E-state index in [2.05, 4.69) is 15.4 Å². The Bertz CT molecular complexity index is 518. The molecule has 0 saturated carbocycles. The van der Waals surface area contributed by atoms with Gasteiger partial charge in [0.1, 0.15) is 5.03 Å². The van der Waals surface area contributed by atoms with Crippen LogP contribution in [0.15, 0.2) is 17.4 Å². The number of aromatic nitrogens is 2. The summed E-state index contributed by atoms with van der Waals surface area (Å²) < 4.78 is 0. The van der Waals surface area contributed by atoms with E-state index in [0.29, 0.717) is 36.8 Å². The highest BCUT2D eigenvalue weighted by Crippen LogP contribution is 2.22. The molecule has 0 atom stereocenters. The predicted molar refractivity (Wildman–Crippen MR) is 78.8 cm³/mol. The summed E-state index contributed by atoms with van der Waals surface area (Å²) in [5.41, 5.74) is 7.83. The largest absolute Gasteiger partial charge is 0.381 e. The van der Waals surface area contributed by atoms with Gasteiger partial charge in [0.25, 0.3) is 0 Å². The monoisotopic (exact) mass is 310 g/mol. The molecule has 1 fully saturated rings. The highest BCUT2D eigenvalue weighted by atomic mass is 32.2. The van der Waals surface area contributed by atoms with Crippen molar-refractivity contribution in [3.8, 4) is 0 Å². The van der Waals surface area contributed by atoms with Crippen molar-refractivity contribution in [3.05, 3.63) is 12.4 Å². The van der Waals surface area contributed by atoms with Crippen molar-refractivity contribution in [2.75, 3.05) is 24.6 Å². The van der Waals surface area contributed by atoms with Crippen LogP contribution in [0, 0.1) is 5.92 Å². The molecule has 21 heavy (non-hydrogen) atoms. The zero-order valence-corrected chi connectivity index (χ0v) is 12.3. The number of anilines is 1. The lowest BCUT2D eigenvalue weighted by molar-refractivity contribution is -0.133. The van der Waals surface area contributed by atoms with E-state index in [0.717, 1.165) is 0 Å². The van der Waals surface area contributed by atoms with Crippen molar-refractivity contribution in [1.82, 2.24) is 20.3 Å². The number of nitrogens with one attached hydrogen (secondary N) is 1. The number of carbonyl (C=O) groups excluding carboxylic acids is 2. The van der Waals surface area contributed by atoms with E-state index in [1.807, 2.05) is 0 Å². The zero-order valence-electron chi connectivity index (χ0n) is 11.5. The summed E-state index contributed by atoms with van der Waals surface area (Å²) in [6.07, 6.45) is 4.31. The summed E-state index contributed by atoms with van der Waals surface area (Å²) in [6.45, 7) is 1.13. The lowest BCUT2D eigenvalue weighted by Crippen LogP contribution is -2.45. The summed E-state index contributed by atoms with van der Waals surface area (Å²) in [6, 6.07) is 0. The van der Waals surface area contributed by atoms with Gasteiger partial charge in [-0.05, 0) is 12.8 Å². The van der Waals surface area contributed by atoms with E-state index in [4.69, 9.17) is 11.6 Å². The molecule has 1 aromatic heterocycles. The number of rotatable bonds is 4. The Morgan fingerprint density at radius 2 is 2.00 bits per heavy atom. The summed E-state index contributed by atoms with van der Waals surface area (Å²) in [5, 5.41) is 0.559. The molecule has 0 unspecified atom stereocenters. The van der Waals surface area contributed by atoms with E-state index in [1.54, 1.807) is 11.1 Å². The quantitative estimate of drug-likeness (QED) is 0.293. The summed E-state index contributed by atoms with van der Waals surface area (Å²) in [5.74, 6) is 5.44. The molecule has 1 saturated heterocycles. The first-order chi connectivity index (χ1) is 10.1. The summed E-state index contributed by atoms with van der Waals surface area (Å²) >= 11 is 1.27. The minimum absolute atomic E-state index is 0.0108. The first-order valence-electron chi connectivity index (χ1n) is 6.59. The van der Waals surface area contributed by atoms with Gasteiger partial charge in [-0.1, -0.05) is 11.8 Å². The topological polar surface area (TPSA) is 127 Å². The molecule has 9 heteroatoms. The van der Waals surface area contributed by atoms with Crippen molar-refractivity contribution >= 4 is 29.4 Å². The number of thioether (sulfide) groups is 1. The highest BCUT2D eigenvalue weighted by Gasteiger charge is 2.26. The summed E-state index contributed by atoms with van der Waals surface area (Å²) in [4.78, 5) is 33.3. The van der Waals surface area contributed by atoms with Gasteiger partial charge in [-0.3, -0.25) is 15.0 Å². The minimum Gasteiger partial charge on any atom is -0.381 e. The van der Waals surface area contributed by atoms with Crippen LogP contribution in [-0.2, 0) is 9.59 Å². The van der Waals surface area contributed by atoms with Gasteiger partial charge in [0.15, 0.2) is 5.82 Å². The number of nitrogens with two attached hydrogens (primary N) is 2. The average Bonchev–Trinajstić information content (AvgIpc) is 2.53.